The Morgan fingerprint density at radius 3 is 2.43 bits per heavy atom. The summed E-state index contributed by atoms with van der Waals surface area (Å²) in [6, 6.07) is 9.23. The lowest BCUT2D eigenvalue weighted by molar-refractivity contribution is -0.130. The van der Waals surface area contributed by atoms with Gasteiger partial charge in [0.25, 0.3) is 0 Å². The number of nitrogens with one attached hydrogen (secondary N) is 1. The average molecular weight is 286 g/mol. The molecule has 114 valence electrons. The van der Waals surface area contributed by atoms with Gasteiger partial charge in [0, 0.05) is 6.04 Å². The predicted octanol–water partition coefficient (Wildman–Crippen LogP) is 3.57. The molecule has 0 spiro atoms. The van der Waals surface area contributed by atoms with E-state index in [1.807, 2.05) is 0 Å². The van der Waals surface area contributed by atoms with Crippen molar-refractivity contribution in [1.82, 2.24) is 10.2 Å². The van der Waals surface area contributed by atoms with Crippen LogP contribution in [0.5, 0.6) is 0 Å². The first-order chi connectivity index (χ1) is 10.1. The second-order valence-electron chi connectivity index (χ2n) is 6.71. The minimum Gasteiger partial charge on any atom is -0.319 e. The highest BCUT2D eigenvalue weighted by Gasteiger charge is 2.46. The second-order valence-corrected chi connectivity index (χ2v) is 6.71. The van der Waals surface area contributed by atoms with Crippen molar-refractivity contribution in [3.8, 4) is 0 Å². The highest BCUT2D eigenvalue weighted by atomic mass is 16.2. The third-order valence-corrected chi connectivity index (χ3v) is 4.63. The predicted molar refractivity (Wildman–Crippen MR) is 85.0 cm³/mol. The van der Waals surface area contributed by atoms with E-state index in [4.69, 9.17) is 0 Å². The first-order valence-electron chi connectivity index (χ1n) is 8.30. The number of carbonyl (C=O) groups excluding carboxylic acids is 1. The Bertz CT molecular complexity index is 504. The van der Waals surface area contributed by atoms with Crippen LogP contribution in [0.1, 0.15) is 69.7 Å². The lowest BCUT2D eigenvalue weighted by Gasteiger charge is -2.24. The average Bonchev–Trinajstić information content (AvgIpc) is 3.25. The van der Waals surface area contributed by atoms with Crippen molar-refractivity contribution in [2.75, 3.05) is 0 Å². The van der Waals surface area contributed by atoms with Crippen LogP contribution in [0, 0.1) is 0 Å². The molecule has 1 aliphatic heterocycles. The van der Waals surface area contributed by atoms with Crippen LogP contribution in [0.2, 0.25) is 0 Å². The van der Waals surface area contributed by atoms with E-state index in [-0.39, 0.29) is 12.2 Å². The molecule has 0 aromatic heterocycles. The number of hydrogen-bond donors (Lipinski definition) is 1. The van der Waals surface area contributed by atoms with Gasteiger partial charge < -0.3 is 4.90 Å². The van der Waals surface area contributed by atoms with Gasteiger partial charge in [0.1, 0.15) is 6.17 Å². The Hall–Kier alpha value is -1.35. The molecule has 1 saturated heterocycles. The second kappa shape index (κ2) is 5.80. The van der Waals surface area contributed by atoms with E-state index in [0.717, 1.165) is 25.7 Å². The number of hydrogen-bond acceptors (Lipinski definition) is 2. The van der Waals surface area contributed by atoms with Crippen molar-refractivity contribution in [3.05, 3.63) is 35.4 Å². The van der Waals surface area contributed by atoms with Crippen LogP contribution >= 0.6 is 0 Å². The number of carbonyl (C=O) groups is 1. The monoisotopic (exact) mass is 286 g/mol. The third kappa shape index (κ3) is 2.84. The maximum atomic E-state index is 12.6. The molecule has 2 unspecified atom stereocenters. The molecule has 2 fully saturated rings. The summed E-state index contributed by atoms with van der Waals surface area (Å²) in [7, 11) is 0. The topological polar surface area (TPSA) is 32.3 Å². The molecule has 3 nitrogen and oxygen atoms in total. The van der Waals surface area contributed by atoms with E-state index in [1.165, 1.54) is 11.1 Å². The molecule has 1 N–H and O–H groups in total. The molecule has 0 radical (unpaired) electrons. The maximum absolute atomic E-state index is 12.6. The Morgan fingerprint density at radius 1 is 1.24 bits per heavy atom. The van der Waals surface area contributed by atoms with Gasteiger partial charge in [-0.2, -0.15) is 0 Å². The quantitative estimate of drug-likeness (QED) is 0.897. The normalized spacial score (nSPS) is 25.9. The molecule has 3 heteroatoms. The van der Waals surface area contributed by atoms with E-state index >= 15 is 0 Å². The number of rotatable bonds is 5. The molecule has 1 amide bonds. The molecule has 3 rings (SSSR count). The van der Waals surface area contributed by atoms with Crippen LogP contribution < -0.4 is 5.32 Å². The first-order valence-corrected chi connectivity index (χ1v) is 8.30. The van der Waals surface area contributed by atoms with Gasteiger partial charge in [-0.15, -0.1) is 0 Å². The smallest absolute Gasteiger partial charge is 0.241 e. The minimum absolute atomic E-state index is 0.00498. The van der Waals surface area contributed by atoms with Crippen LogP contribution in [0.3, 0.4) is 0 Å². The molecule has 2 atom stereocenters. The van der Waals surface area contributed by atoms with E-state index in [0.29, 0.717) is 17.9 Å². The first kappa shape index (κ1) is 14.6. The van der Waals surface area contributed by atoms with Crippen LogP contribution in [0.15, 0.2) is 24.3 Å². The van der Waals surface area contributed by atoms with Gasteiger partial charge >= 0.3 is 0 Å². The van der Waals surface area contributed by atoms with Crippen molar-refractivity contribution in [3.63, 3.8) is 0 Å². The molecule has 1 heterocycles. The highest BCUT2D eigenvalue weighted by molar-refractivity contribution is 5.85. The zero-order valence-electron chi connectivity index (χ0n) is 13.3. The van der Waals surface area contributed by atoms with Crippen molar-refractivity contribution >= 4 is 5.91 Å². The zero-order chi connectivity index (χ0) is 15.0. The van der Waals surface area contributed by atoms with E-state index in [9.17, 15) is 4.79 Å². The van der Waals surface area contributed by atoms with Crippen LogP contribution in [-0.4, -0.2) is 22.9 Å². The maximum Gasteiger partial charge on any atom is 0.241 e. The van der Waals surface area contributed by atoms with E-state index < -0.39 is 0 Å². The molecule has 21 heavy (non-hydrogen) atoms. The highest BCUT2D eigenvalue weighted by Crippen LogP contribution is 2.38. The van der Waals surface area contributed by atoms with Gasteiger partial charge in [-0.25, -0.2) is 0 Å². The van der Waals surface area contributed by atoms with Gasteiger partial charge in [-0.05, 0) is 36.3 Å². The van der Waals surface area contributed by atoms with Gasteiger partial charge in [-0.3, -0.25) is 10.1 Å². The van der Waals surface area contributed by atoms with Crippen LogP contribution in [0.4, 0.5) is 0 Å². The summed E-state index contributed by atoms with van der Waals surface area (Å²) < 4.78 is 0. The summed E-state index contributed by atoms with van der Waals surface area (Å²) in [6.07, 6.45) is 4.37. The number of amides is 1. The lowest BCUT2D eigenvalue weighted by atomic mass is 10.0. The van der Waals surface area contributed by atoms with E-state index in [2.05, 4.69) is 55.3 Å². The van der Waals surface area contributed by atoms with E-state index in [1.54, 1.807) is 0 Å². The molecule has 1 saturated carbocycles. The summed E-state index contributed by atoms with van der Waals surface area (Å²) in [4.78, 5) is 14.7. The Kier molecular flexibility index (Phi) is 4.03. The fourth-order valence-corrected chi connectivity index (χ4v) is 3.21. The summed E-state index contributed by atoms with van der Waals surface area (Å²) in [5.74, 6) is 0.849. The number of benzene rings is 1. The summed E-state index contributed by atoms with van der Waals surface area (Å²) in [6.45, 7) is 6.56. The molecule has 2 aliphatic rings. The van der Waals surface area contributed by atoms with Crippen LogP contribution in [0.25, 0.3) is 0 Å². The summed E-state index contributed by atoms with van der Waals surface area (Å²) >= 11 is 0. The molecule has 0 bridgehead atoms. The SMILES string of the molecule is CCCC1NC(c2ccc(C(C)C)cc2)N(C2CC2)C1=O. The van der Waals surface area contributed by atoms with Gasteiger partial charge in [0.05, 0.1) is 6.04 Å². The number of nitrogens with zero attached hydrogens (tertiary/aromatic N) is 1. The van der Waals surface area contributed by atoms with Crippen molar-refractivity contribution < 1.29 is 4.79 Å². The van der Waals surface area contributed by atoms with Gasteiger partial charge in [0.15, 0.2) is 0 Å². The minimum atomic E-state index is 0.00498. The standard InChI is InChI=1S/C18H26N2O/c1-4-5-16-18(21)20(15-10-11-15)17(19-16)14-8-6-13(7-9-14)12(2)3/h6-9,12,15-17,19H,4-5,10-11H2,1-3H3. The fourth-order valence-electron chi connectivity index (χ4n) is 3.21. The van der Waals surface area contributed by atoms with Crippen molar-refractivity contribution in [2.45, 2.75) is 70.6 Å². The zero-order valence-corrected chi connectivity index (χ0v) is 13.3. The third-order valence-electron chi connectivity index (χ3n) is 4.63. The molecule has 1 aromatic carbocycles. The Labute approximate surface area is 127 Å². The fraction of sp³-hybridized carbons (Fsp3) is 0.611. The van der Waals surface area contributed by atoms with Crippen LogP contribution in [-0.2, 0) is 4.79 Å². The summed E-state index contributed by atoms with van der Waals surface area (Å²) in [5.41, 5.74) is 2.57. The lowest BCUT2D eigenvalue weighted by Crippen LogP contribution is -2.33. The van der Waals surface area contributed by atoms with Gasteiger partial charge in [-0.1, -0.05) is 51.5 Å². The molecular formula is C18H26N2O. The molecular weight excluding hydrogens is 260 g/mol. The van der Waals surface area contributed by atoms with Gasteiger partial charge in [0.2, 0.25) is 5.91 Å². The van der Waals surface area contributed by atoms with Crippen molar-refractivity contribution in [1.29, 1.82) is 0 Å². The Morgan fingerprint density at radius 2 is 1.90 bits per heavy atom. The Balaban J connectivity index is 1.83. The largest absolute Gasteiger partial charge is 0.319 e. The molecule has 1 aromatic rings. The van der Waals surface area contributed by atoms with Crippen molar-refractivity contribution in [2.24, 2.45) is 0 Å². The summed E-state index contributed by atoms with van der Waals surface area (Å²) in [5, 5.41) is 3.55. The molecule has 1 aliphatic carbocycles.